The second-order valence-electron chi connectivity index (χ2n) is 21.4. The number of benzene rings is 18. The summed E-state index contributed by atoms with van der Waals surface area (Å²) in [5, 5.41) is 29.2. The quantitative estimate of drug-likeness (QED) is 0.120. The third-order valence-corrected chi connectivity index (χ3v) is 16.4. The standard InChI is InChI=1S/C26H18.C18H12.C16H10.C14H10.C10H8/c1-3-11-19(12-4-1)25-21-15-7-9-17-23(21)26(20-13-5-2-6-14-20)24-18-10-8-16-22(24)25;1-3-7-15-13(5-1)9-11-18-16-8-4-2-6-14(16)10-12-17(15)18;1-3-11-7-9-13-5-2-6-14-10-8-12(4-1)15(11)16(13)14;1-2-6-12-10-14-8-4-3-7-13(14)9-11(12)5-1;1-2-6-10-8-4-3-7-9(10)5-1/h1-18H;1-12H;1-10H;1-10H;1-8H. The Bertz CT molecular complexity index is 4780. The molecule has 0 aromatic heterocycles. The van der Waals surface area contributed by atoms with E-state index < -0.39 is 0 Å². The van der Waals surface area contributed by atoms with Crippen LogP contribution in [0.1, 0.15) is 0 Å². The van der Waals surface area contributed by atoms with Crippen LogP contribution in [-0.4, -0.2) is 0 Å². The van der Waals surface area contributed by atoms with Crippen LogP contribution >= 0.6 is 0 Å². The fraction of sp³-hybridized carbons (Fsp3) is 0. The number of hydrogen-bond acceptors (Lipinski definition) is 0. The number of rotatable bonds is 2. The molecule has 0 unspecified atom stereocenters. The van der Waals surface area contributed by atoms with Gasteiger partial charge in [0.1, 0.15) is 0 Å². The van der Waals surface area contributed by atoms with Gasteiger partial charge in [-0.2, -0.15) is 0 Å². The van der Waals surface area contributed by atoms with Crippen molar-refractivity contribution in [2.45, 2.75) is 0 Å². The Balaban J connectivity index is 0.0000000965. The van der Waals surface area contributed by atoms with E-state index in [0.717, 1.165) is 0 Å². The van der Waals surface area contributed by atoms with E-state index in [2.05, 4.69) is 352 Å². The maximum absolute atomic E-state index is 2.25. The molecule has 18 aromatic rings. The van der Waals surface area contributed by atoms with Gasteiger partial charge in [0, 0.05) is 0 Å². The van der Waals surface area contributed by atoms with Gasteiger partial charge < -0.3 is 0 Å². The van der Waals surface area contributed by atoms with E-state index in [9.17, 15) is 0 Å². The number of hydrogen-bond donors (Lipinski definition) is 0. The smallest absolute Gasteiger partial charge is 0.00264 e. The van der Waals surface area contributed by atoms with E-state index in [1.165, 1.54) is 141 Å². The second kappa shape index (κ2) is 23.3. The van der Waals surface area contributed by atoms with Crippen molar-refractivity contribution in [2.75, 3.05) is 0 Å². The van der Waals surface area contributed by atoms with E-state index in [1.54, 1.807) is 0 Å². The minimum Gasteiger partial charge on any atom is -0.0622 e. The van der Waals surface area contributed by atoms with Crippen LogP contribution in [-0.2, 0) is 0 Å². The fourth-order valence-corrected chi connectivity index (χ4v) is 12.4. The zero-order chi connectivity index (χ0) is 56.0. The van der Waals surface area contributed by atoms with E-state index in [4.69, 9.17) is 0 Å². The highest BCUT2D eigenvalue weighted by molar-refractivity contribution is 6.24. The topological polar surface area (TPSA) is 0 Å². The minimum absolute atomic E-state index is 1.26. The molecule has 394 valence electrons. The molecular weight excluding hydrogens is 1010 g/mol. The molecule has 0 spiro atoms. The lowest BCUT2D eigenvalue weighted by atomic mass is 9.86. The maximum Gasteiger partial charge on any atom is -0.00264 e. The Hall–Kier alpha value is -10.9. The summed E-state index contributed by atoms with van der Waals surface area (Å²) in [7, 11) is 0. The second-order valence-corrected chi connectivity index (χ2v) is 21.4. The van der Waals surface area contributed by atoms with Crippen molar-refractivity contribution in [3.63, 3.8) is 0 Å². The molecular formula is C84H58. The van der Waals surface area contributed by atoms with Gasteiger partial charge in [0.05, 0.1) is 0 Å². The lowest BCUT2D eigenvalue weighted by Crippen LogP contribution is -1.90. The van der Waals surface area contributed by atoms with Crippen LogP contribution in [0, 0.1) is 0 Å². The zero-order valence-corrected chi connectivity index (χ0v) is 46.5. The van der Waals surface area contributed by atoms with Crippen LogP contribution in [0.25, 0.3) is 141 Å². The van der Waals surface area contributed by atoms with Crippen LogP contribution in [0.2, 0.25) is 0 Å². The predicted octanol–water partition coefficient (Wildman–Crippen LogP) is 23.9. The molecule has 0 saturated carbocycles. The lowest BCUT2D eigenvalue weighted by molar-refractivity contribution is 1.65. The Morgan fingerprint density at radius 2 is 0.345 bits per heavy atom. The van der Waals surface area contributed by atoms with Crippen molar-refractivity contribution >= 4 is 118 Å². The summed E-state index contributed by atoms with van der Waals surface area (Å²) in [6, 6.07) is 125. The summed E-state index contributed by atoms with van der Waals surface area (Å²) in [4.78, 5) is 0. The Kier molecular flexibility index (Phi) is 14.2. The summed E-state index contributed by atoms with van der Waals surface area (Å²) in [5.41, 5.74) is 5.16. The predicted molar refractivity (Wildman–Crippen MR) is 367 cm³/mol. The molecule has 0 nitrogen and oxygen atoms in total. The molecule has 0 radical (unpaired) electrons. The van der Waals surface area contributed by atoms with Gasteiger partial charge in [0.2, 0.25) is 0 Å². The summed E-state index contributed by atoms with van der Waals surface area (Å²) >= 11 is 0. The molecule has 0 N–H and O–H groups in total. The molecule has 18 aromatic carbocycles. The third-order valence-electron chi connectivity index (χ3n) is 16.4. The third kappa shape index (κ3) is 10.2. The van der Waals surface area contributed by atoms with Crippen LogP contribution in [0.4, 0.5) is 0 Å². The van der Waals surface area contributed by atoms with Gasteiger partial charge in [-0.3, -0.25) is 0 Å². The average Bonchev–Trinajstić information content (AvgIpc) is 2.04. The van der Waals surface area contributed by atoms with Crippen LogP contribution < -0.4 is 0 Å². The van der Waals surface area contributed by atoms with Crippen molar-refractivity contribution in [2.24, 2.45) is 0 Å². The van der Waals surface area contributed by atoms with Gasteiger partial charge in [-0.25, -0.2) is 0 Å². The average molecular weight is 1070 g/mol. The normalized spacial score (nSPS) is 11.1. The van der Waals surface area contributed by atoms with E-state index in [1.807, 2.05) is 0 Å². The molecule has 18 rings (SSSR count). The van der Waals surface area contributed by atoms with Gasteiger partial charge in [-0.1, -0.05) is 340 Å². The first-order chi connectivity index (χ1) is 41.7. The summed E-state index contributed by atoms with van der Waals surface area (Å²) in [6.07, 6.45) is 0. The van der Waals surface area contributed by atoms with Crippen LogP contribution in [0.5, 0.6) is 0 Å². The molecule has 0 heterocycles. The first-order valence-electron chi connectivity index (χ1n) is 29.0. The molecule has 0 aliphatic rings. The largest absolute Gasteiger partial charge is 0.0622 e. The molecule has 0 bridgehead atoms. The molecule has 0 atom stereocenters. The monoisotopic (exact) mass is 1070 g/mol. The van der Waals surface area contributed by atoms with Gasteiger partial charge in [-0.15, -0.1) is 0 Å². The molecule has 0 fully saturated rings. The van der Waals surface area contributed by atoms with Crippen LogP contribution in [0.3, 0.4) is 0 Å². The van der Waals surface area contributed by atoms with E-state index in [0.29, 0.717) is 0 Å². The van der Waals surface area contributed by atoms with Crippen molar-refractivity contribution in [3.05, 3.63) is 352 Å². The molecule has 84 heavy (non-hydrogen) atoms. The molecule has 0 aliphatic heterocycles. The highest BCUT2D eigenvalue weighted by atomic mass is 14.2. The van der Waals surface area contributed by atoms with Gasteiger partial charge in [0.15, 0.2) is 0 Å². The summed E-state index contributed by atoms with van der Waals surface area (Å²) < 4.78 is 0. The minimum atomic E-state index is 1.26. The Labute approximate surface area is 489 Å². The summed E-state index contributed by atoms with van der Waals surface area (Å²) in [5.74, 6) is 0. The first-order valence-corrected chi connectivity index (χ1v) is 29.0. The zero-order valence-electron chi connectivity index (χ0n) is 46.5. The highest BCUT2D eigenvalue weighted by Crippen LogP contribution is 2.43. The maximum atomic E-state index is 2.25. The van der Waals surface area contributed by atoms with Gasteiger partial charge in [0.25, 0.3) is 0 Å². The molecule has 0 saturated heterocycles. The van der Waals surface area contributed by atoms with Gasteiger partial charge >= 0.3 is 0 Å². The summed E-state index contributed by atoms with van der Waals surface area (Å²) in [6.45, 7) is 0. The van der Waals surface area contributed by atoms with Crippen molar-refractivity contribution in [3.8, 4) is 22.3 Å². The molecule has 0 heteroatoms. The molecule has 0 amide bonds. The Morgan fingerprint density at radius 3 is 0.655 bits per heavy atom. The first kappa shape index (κ1) is 51.2. The van der Waals surface area contributed by atoms with Crippen LogP contribution in [0.15, 0.2) is 352 Å². The van der Waals surface area contributed by atoms with Crippen molar-refractivity contribution in [1.82, 2.24) is 0 Å². The van der Waals surface area contributed by atoms with Crippen molar-refractivity contribution in [1.29, 1.82) is 0 Å². The van der Waals surface area contributed by atoms with Crippen molar-refractivity contribution < 1.29 is 0 Å². The SMILES string of the molecule is c1cc2ccc3cccc4ccc(c1)c2c34.c1ccc(-c2c3ccccc3c(-c3ccccc3)c3ccccc23)cc1.c1ccc2c(c1)ccc1c3ccccc3ccc21.c1ccc2cc3ccccc3cc2c1.c1ccc2ccccc2c1. The van der Waals surface area contributed by atoms with E-state index >= 15 is 0 Å². The van der Waals surface area contributed by atoms with E-state index in [-0.39, 0.29) is 0 Å². The number of fused-ring (bicyclic) bond motifs is 10. The van der Waals surface area contributed by atoms with Gasteiger partial charge in [-0.05, 0) is 153 Å². The fourth-order valence-electron chi connectivity index (χ4n) is 12.4. The lowest BCUT2D eigenvalue weighted by Gasteiger charge is -2.17. The highest BCUT2D eigenvalue weighted by Gasteiger charge is 2.16. The Morgan fingerprint density at radius 1 is 0.119 bits per heavy atom. The molecule has 0 aliphatic carbocycles.